The number of ether oxygens (including phenoxy) is 1. The summed E-state index contributed by atoms with van der Waals surface area (Å²) in [7, 11) is 0. The van der Waals surface area contributed by atoms with Crippen LogP contribution >= 0.6 is 0 Å². The van der Waals surface area contributed by atoms with Crippen LogP contribution in [0.2, 0.25) is 0 Å². The van der Waals surface area contributed by atoms with Crippen LogP contribution in [-0.4, -0.2) is 41.2 Å². The molecule has 3 aromatic rings. The van der Waals surface area contributed by atoms with E-state index in [9.17, 15) is 4.39 Å². The average Bonchev–Trinajstić information content (AvgIpc) is 2.70. The van der Waals surface area contributed by atoms with E-state index < -0.39 is 0 Å². The number of halogens is 1. The number of hydrogen-bond donors (Lipinski definition) is 0. The van der Waals surface area contributed by atoms with Crippen molar-refractivity contribution in [3.05, 3.63) is 72.4 Å². The maximum Gasteiger partial charge on any atom is 0.123 e. The summed E-state index contributed by atoms with van der Waals surface area (Å²) in [6, 6.07) is 12.6. The van der Waals surface area contributed by atoms with E-state index in [0.717, 1.165) is 60.8 Å². The second-order valence-electron chi connectivity index (χ2n) is 6.36. The van der Waals surface area contributed by atoms with Gasteiger partial charge >= 0.3 is 0 Å². The van der Waals surface area contributed by atoms with Gasteiger partial charge in [0.2, 0.25) is 0 Å². The summed E-state index contributed by atoms with van der Waals surface area (Å²) in [6.07, 6.45) is 5.42. The van der Waals surface area contributed by atoms with Gasteiger partial charge in [-0.15, -0.1) is 0 Å². The summed E-state index contributed by atoms with van der Waals surface area (Å²) in [6.45, 7) is 4.15. The molecule has 0 bridgehead atoms. The predicted molar refractivity (Wildman–Crippen MR) is 99.0 cm³/mol. The molecule has 1 fully saturated rings. The van der Waals surface area contributed by atoms with Gasteiger partial charge in [0.25, 0.3) is 0 Å². The molecule has 1 saturated heterocycles. The highest BCUT2D eigenvalue weighted by atomic mass is 19.1. The van der Waals surface area contributed by atoms with E-state index in [1.807, 2.05) is 18.3 Å². The molecule has 132 valence electrons. The van der Waals surface area contributed by atoms with Gasteiger partial charge in [-0.2, -0.15) is 0 Å². The Bertz CT molecular complexity index is 862. The number of nitrogens with zero attached hydrogens (tertiary/aromatic N) is 3. The van der Waals surface area contributed by atoms with Crippen molar-refractivity contribution in [1.29, 1.82) is 0 Å². The van der Waals surface area contributed by atoms with Gasteiger partial charge in [-0.1, -0.05) is 12.1 Å². The van der Waals surface area contributed by atoms with E-state index >= 15 is 0 Å². The van der Waals surface area contributed by atoms with Crippen LogP contribution in [0.4, 0.5) is 4.39 Å². The summed E-state index contributed by atoms with van der Waals surface area (Å²) in [5.74, 6) is -0.233. The second kappa shape index (κ2) is 7.72. The van der Waals surface area contributed by atoms with Crippen molar-refractivity contribution in [2.24, 2.45) is 0 Å². The van der Waals surface area contributed by atoms with Gasteiger partial charge in [-0.3, -0.25) is 14.9 Å². The molecule has 0 atom stereocenters. The molecule has 5 heteroatoms. The quantitative estimate of drug-likeness (QED) is 0.718. The topological polar surface area (TPSA) is 38.2 Å². The Labute approximate surface area is 152 Å². The standard InChI is InChI=1S/C21H20FN3O/c22-20-3-1-16(2-4-20)18-13-19(15-25-9-11-26-12-10-25)21(24-14-18)17-5-7-23-8-6-17/h1-8,13-14H,9-12,15H2. The molecule has 26 heavy (non-hydrogen) atoms. The van der Waals surface area contributed by atoms with Crippen LogP contribution < -0.4 is 0 Å². The zero-order chi connectivity index (χ0) is 17.8. The molecule has 1 aliphatic rings. The van der Waals surface area contributed by atoms with Gasteiger partial charge in [-0.25, -0.2) is 4.39 Å². The Morgan fingerprint density at radius 2 is 1.65 bits per heavy atom. The minimum absolute atomic E-state index is 0.233. The molecule has 1 aliphatic heterocycles. The Balaban J connectivity index is 1.72. The maximum absolute atomic E-state index is 13.2. The summed E-state index contributed by atoms with van der Waals surface area (Å²) in [4.78, 5) is 11.2. The molecule has 0 saturated carbocycles. The number of aromatic nitrogens is 2. The van der Waals surface area contributed by atoms with Crippen LogP contribution in [0.15, 0.2) is 61.1 Å². The van der Waals surface area contributed by atoms with Gasteiger partial charge in [0, 0.05) is 49.4 Å². The monoisotopic (exact) mass is 349 g/mol. The number of morpholine rings is 1. The molecular formula is C21H20FN3O. The second-order valence-corrected chi connectivity index (χ2v) is 6.36. The smallest absolute Gasteiger partial charge is 0.123 e. The van der Waals surface area contributed by atoms with E-state index in [0.29, 0.717) is 0 Å². The van der Waals surface area contributed by atoms with Gasteiger partial charge in [0.05, 0.1) is 18.9 Å². The van der Waals surface area contributed by atoms with E-state index in [-0.39, 0.29) is 5.82 Å². The normalized spacial score (nSPS) is 15.1. The highest BCUT2D eigenvalue weighted by Gasteiger charge is 2.15. The molecule has 0 unspecified atom stereocenters. The van der Waals surface area contributed by atoms with Crippen LogP contribution in [0.25, 0.3) is 22.4 Å². The molecule has 0 aliphatic carbocycles. The highest BCUT2D eigenvalue weighted by molar-refractivity contribution is 5.69. The lowest BCUT2D eigenvalue weighted by molar-refractivity contribution is 0.0342. The lowest BCUT2D eigenvalue weighted by Gasteiger charge is -2.27. The number of rotatable bonds is 4. The van der Waals surface area contributed by atoms with Crippen molar-refractivity contribution in [1.82, 2.24) is 14.9 Å². The SMILES string of the molecule is Fc1ccc(-c2cnc(-c3ccncc3)c(CN3CCOCC3)c2)cc1. The third-order valence-corrected chi connectivity index (χ3v) is 4.60. The third kappa shape index (κ3) is 3.79. The van der Waals surface area contributed by atoms with E-state index in [2.05, 4.69) is 16.0 Å². The van der Waals surface area contributed by atoms with Gasteiger partial charge in [0.15, 0.2) is 0 Å². The highest BCUT2D eigenvalue weighted by Crippen LogP contribution is 2.28. The third-order valence-electron chi connectivity index (χ3n) is 4.60. The molecule has 0 amide bonds. The van der Waals surface area contributed by atoms with Crippen molar-refractivity contribution in [2.45, 2.75) is 6.54 Å². The number of hydrogen-bond acceptors (Lipinski definition) is 4. The summed E-state index contributed by atoms with van der Waals surface area (Å²) in [5.41, 5.74) is 5.12. The van der Waals surface area contributed by atoms with Crippen molar-refractivity contribution < 1.29 is 9.13 Å². The fourth-order valence-corrected chi connectivity index (χ4v) is 3.20. The number of pyridine rings is 2. The summed E-state index contributed by atoms with van der Waals surface area (Å²) < 4.78 is 18.7. The largest absolute Gasteiger partial charge is 0.379 e. The molecule has 0 N–H and O–H groups in total. The number of benzene rings is 1. The zero-order valence-electron chi connectivity index (χ0n) is 14.4. The minimum Gasteiger partial charge on any atom is -0.379 e. The molecule has 3 heterocycles. The fraction of sp³-hybridized carbons (Fsp3) is 0.238. The molecule has 4 nitrogen and oxygen atoms in total. The fourth-order valence-electron chi connectivity index (χ4n) is 3.20. The van der Waals surface area contributed by atoms with Crippen LogP contribution in [0.5, 0.6) is 0 Å². The predicted octanol–water partition coefficient (Wildman–Crippen LogP) is 3.78. The first kappa shape index (κ1) is 16.8. The first-order valence-electron chi connectivity index (χ1n) is 8.75. The van der Waals surface area contributed by atoms with E-state index in [1.165, 1.54) is 12.1 Å². The summed E-state index contributed by atoms with van der Waals surface area (Å²) in [5, 5.41) is 0. The Morgan fingerprint density at radius 1 is 0.923 bits per heavy atom. The van der Waals surface area contributed by atoms with Crippen LogP contribution in [-0.2, 0) is 11.3 Å². The average molecular weight is 349 g/mol. The van der Waals surface area contributed by atoms with Crippen molar-refractivity contribution >= 4 is 0 Å². The molecule has 0 spiro atoms. The van der Waals surface area contributed by atoms with Crippen LogP contribution in [0.3, 0.4) is 0 Å². The maximum atomic E-state index is 13.2. The Hall–Kier alpha value is -2.63. The van der Waals surface area contributed by atoms with E-state index in [1.54, 1.807) is 24.5 Å². The van der Waals surface area contributed by atoms with Gasteiger partial charge < -0.3 is 4.74 Å². The molecule has 2 aromatic heterocycles. The molecule has 1 aromatic carbocycles. The van der Waals surface area contributed by atoms with Crippen LogP contribution in [0.1, 0.15) is 5.56 Å². The lowest BCUT2D eigenvalue weighted by atomic mass is 10.0. The van der Waals surface area contributed by atoms with Crippen molar-refractivity contribution in [2.75, 3.05) is 26.3 Å². The molecular weight excluding hydrogens is 329 g/mol. The lowest BCUT2D eigenvalue weighted by Crippen LogP contribution is -2.35. The zero-order valence-corrected chi connectivity index (χ0v) is 14.4. The Morgan fingerprint density at radius 3 is 2.38 bits per heavy atom. The van der Waals surface area contributed by atoms with E-state index in [4.69, 9.17) is 9.72 Å². The van der Waals surface area contributed by atoms with Crippen molar-refractivity contribution in [3.8, 4) is 22.4 Å². The Kier molecular flexibility index (Phi) is 5.00. The van der Waals surface area contributed by atoms with Gasteiger partial charge in [-0.05, 0) is 41.5 Å². The van der Waals surface area contributed by atoms with Crippen LogP contribution in [0, 0.1) is 5.82 Å². The molecule has 4 rings (SSSR count). The molecule has 0 radical (unpaired) electrons. The first-order valence-corrected chi connectivity index (χ1v) is 8.75. The minimum atomic E-state index is -0.233. The summed E-state index contributed by atoms with van der Waals surface area (Å²) >= 11 is 0. The van der Waals surface area contributed by atoms with Crippen molar-refractivity contribution in [3.63, 3.8) is 0 Å². The van der Waals surface area contributed by atoms with Gasteiger partial charge in [0.1, 0.15) is 5.82 Å². The first-order chi connectivity index (χ1) is 12.8.